The van der Waals surface area contributed by atoms with Crippen LogP contribution in [0.4, 0.5) is 0 Å². The molecule has 1 amide bonds. The van der Waals surface area contributed by atoms with Gasteiger partial charge in [0, 0.05) is 23.5 Å². The van der Waals surface area contributed by atoms with Crippen LogP contribution in [0.2, 0.25) is 0 Å². The van der Waals surface area contributed by atoms with Gasteiger partial charge in [-0.2, -0.15) is 0 Å². The number of hydrogen-bond donors (Lipinski definition) is 2. The third kappa shape index (κ3) is 3.62. The number of likely N-dealkylation sites (N-methyl/N-ethyl adjacent to an activating group) is 1. The van der Waals surface area contributed by atoms with Gasteiger partial charge < -0.3 is 20.1 Å². The van der Waals surface area contributed by atoms with Crippen molar-refractivity contribution < 1.29 is 14.6 Å². The number of ether oxygens (including phenoxy) is 1. The fourth-order valence-corrected chi connectivity index (χ4v) is 3.59. The Morgan fingerprint density at radius 1 is 1.10 bits per heavy atom. The van der Waals surface area contributed by atoms with E-state index in [2.05, 4.69) is 10.3 Å². The first-order chi connectivity index (χ1) is 14.5. The van der Waals surface area contributed by atoms with Gasteiger partial charge >= 0.3 is 0 Å². The van der Waals surface area contributed by atoms with Crippen LogP contribution >= 0.6 is 0 Å². The molecule has 0 radical (unpaired) electrons. The van der Waals surface area contributed by atoms with E-state index in [-0.39, 0.29) is 18.6 Å². The van der Waals surface area contributed by atoms with Crippen molar-refractivity contribution in [2.45, 2.75) is 6.04 Å². The molecule has 154 valence electrons. The molecule has 2 N–H and O–H groups in total. The van der Waals surface area contributed by atoms with Crippen molar-refractivity contribution in [2.24, 2.45) is 0 Å². The molecular weight excluding hydrogens is 382 g/mol. The van der Waals surface area contributed by atoms with Gasteiger partial charge in [0.1, 0.15) is 5.52 Å². The second kappa shape index (κ2) is 8.17. The lowest BCUT2D eigenvalue weighted by molar-refractivity contribution is 0.0906. The molecule has 4 rings (SSSR count). The van der Waals surface area contributed by atoms with Gasteiger partial charge in [-0.15, -0.1) is 0 Å². The molecular formula is C22H23N5O3. The van der Waals surface area contributed by atoms with Gasteiger partial charge in [-0.1, -0.05) is 6.07 Å². The van der Waals surface area contributed by atoms with Crippen LogP contribution in [0, 0.1) is 0 Å². The van der Waals surface area contributed by atoms with E-state index in [1.54, 1.807) is 25.4 Å². The first-order valence-electron chi connectivity index (χ1n) is 9.60. The fourth-order valence-electron chi connectivity index (χ4n) is 3.59. The number of hydrogen-bond acceptors (Lipinski definition) is 7. The van der Waals surface area contributed by atoms with Crippen LogP contribution in [0.25, 0.3) is 32.8 Å². The Morgan fingerprint density at radius 3 is 2.63 bits per heavy atom. The fraction of sp³-hybridized carbons (Fsp3) is 0.273. The standard InChI is InChI=1S/C22H23N5O3/c1-27(2)11-13(12-28)24-21(29)16-5-4-6-17-20(16)26-19-14-9-10-23-22(30-3)15(14)7-8-18(19)25-17/h4-10,13,28H,11-12H2,1-3H3,(H,24,29). The highest BCUT2D eigenvalue weighted by molar-refractivity contribution is 6.10. The zero-order valence-corrected chi connectivity index (χ0v) is 17.1. The molecule has 4 aromatic rings. The zero-order chi connectivity index (χ0) is 21.3. The van der Waals surface area contributed by atoms with Crippen molar-refractivity contribution in [3.8, 4) is 5.88 Å². The van der Waals surface area contributed by atoms with Crippen LogP contribution in [0.15, 0.2) is 42.6 Å². The topological polar surface area (TPSA) is 100 Å². The summed E-state index contributed by atoms with van der Waals surface area (Å²) in [4.78, 5) is 28.7. The monoisotopic (exact) mass is 405 g/mol. The van der Waals surface area contributed by atoms with Crippen LogP contribution in [-0.4, -0.2) is 71.3 Å². The highest BCUT2D eigenvalue weighted by atomic mass is 16.5. The lowest BCUT2D eigenvalue weighted by Gasteiger charge is -2.20. The summed E-state index contributed by atoms with van der Waals surface area (Å²) in [6.07, 6.45) is 1.66. The number of carbonyl (C=O) groups excluding carboxylic acids is 1. The van der Waals surface area contributed by atoms with Crippen LogP contribution in [-0.2, 0) is 0 Å². The van der Waals surface area contributed by atoms with Crippen LogP contribution in [0.3, 0.4) is 0 Å². The molecule has 2 aromatic carbocycles. The summed E-state index contributed by atoms with van der Waals surface area (Å²) in [6, 6.07) is 10.6. The third-order valence-corrected chi connectivity index (χ3v) is 4.92. The van der Waals surface area contributed by atoms with Gasteiger partial charge in [-0.3, -0.25) is 4.79 Å². The maximum absolute atomic E-state index is 13.0. The molecule has 0 aliphatic rings. The summed E-state index contributed by atoms with van der Waals surface area (Å²) >= 11 is 0. The molecule has 0 aliphatic carbocycles. The number of amides is 1. The Balaban J connectivity index is 1.86. The minimum Gasteiger partial charge on any atom is -0.481 e. The Morgan fingerprint density at radius 2 is 1.90 bits per heavy atom. The highest BCUT2D eigenvalue weighted by Crippen LogP contribution is 2.30. The predicted molar refractivity (Wildman–Crippen MR) is 116 cm³/mol. The van der Waals surface area contributed by atoms with E-state index in [0.29, 0.717) is 34.5 Å². The number of benzene rings is 2. The Hall–Kier alpha value is -3.36. The molecule has 0 saturated heterocycles. The highest BCUT2D eigenvalue weighted by Gasteiger charge is 2.18. The number of nitrogens with zero attached hydrogens (tertiary/aromatic N) is 4. The summed E-state index contributed by atoms with van der Waals surface area (Å²) in [6.45, 7) is 0.375. The Kier molecular flexibility index (Phi) is 5.43. The van der Waals surface area contributed by atoms with E-state index in [1.807, 2.05) is 43.3 Å². The summed E-state index contributed by atoms with van der Waals surface area (Å²) in [5.74, 6) is 0.214. The number of pyridine rings is 1. The maximum atomic E-state index is 13.0. The van der Waals surface area contributed by atoms with E-state index in [0.717, 1.165) is 16.3 Å². The summed E-state index contributed by atoms with van der Waals surface area (Å²) in [7, 11) is 5.35. The van der Waals surface area contributed by atoms with Gasteiger partial charge in [0.2, 0.25) is 5.88 Å². The van der Waals surface area contributed by atoms with E-state index in [1.165, 1.54) is 0 Å². The van der Waals surface area contributed by atoms with E-state index in [4.69, 9.17) is 14.7 Å². The summed E-state index contributed by atoms with van der Waals surface area (Å²) in [5, 5.41) is 14.2. The zero-order valence-electron chi connectivity index (χ0n) is 17.1. The average molecular weight is 405 g/mol. The second-order valence-corrected chi connectivity index (χ2v) is 7.36. The number of aliphatic hydroxyl groups excluding tert-OH is 1. The molecule has 0 spiro atoms. The molecule has 8 nitrogen and oxygen atoms in total. The van der Waals surface area contributed by atoms with E-state index < -0.39 is 0 Å². The third-order valence-electron chi connectivity index (χ3n) is 4.92. The second-order valence-electron chi connectivity index (χ2n) is 7.36. The quantitative estimate of drug-likeness (QED) is 0.374. The summed E-state index contributed by atoms with van der Waals surface area (Å²) < 4.78 is 5.36. The molecule has 2 aromatic heterocycles. The van der Waals surface area contributed by atoms with Gasteiger partial charge in [-0.05, 0) is 44.4 Å². The van der Waals surface area contributed by atoms with Gasteiger partial charge in [0.25, 0.3) is 5.91 Å². The number of carbonyl (C=O) groups is 1. The van der Waals surface area contributed by atoms with Crippen molar-refractivity contribution in [1.82, 2.24) is 25.2 Å². The number of aromatic nitrogens is 3. The number of methoxy groups -OCH3 is 1. The molecule has 1 unspecified atom stereocenters. The van der Waals surface area contributed by atoms with Crippen molar-refractivity contribution in [3.05, 3.63) is 48.2 Å². The van der Waals surface area contributed by atoms with Gasteiger partial charge in [0.15, 0.2) is 0 Å². The molecule has 30 heavy (non-hydrogen) atoms. The van der Waals surface area contributed by atoms with Crippen LogP contribution in [0.1, 0.15) is 10.4 Å². The minimum atomic E-state index is -0.382. The minimum absolute atomic E-state index is 0.152. The lowest BCUT2D eigenvalue weighted by Crippen LogP contribution is -2.44. The van der Waals surface area contributed by atoms with Crippen LogP contribution in [0.5, 0.6) is 5.88 Å². The first kappa shape index (κ1) is 19.9. The smallest absolute Gasteiger partial charge is 0.253 e. The number of fused-ring (bicyclic) bond motifs is 4. The van der Waals surface area contributed by atoms with Crippen LogP contribution < -0.4 is 10.1 Å². The number of para-hydroxylation sites is 1. The Bertz CT molecular complexity index is 1240. The molecule has 1 atom stereocenters. The summed E-state index contributed by atoms with van der Waals surface area (Å²) in [5.41, 5.74) is 2.95. The van der Waals surface area contributed by atoms with Gasteiger partial charge in [-0.25, -0.2) is 15.0 Å². The molecule has 0 saturated carbocycles. The normalized spacial score (nSPS) is 12.6. The predicted octanol–water partition coefficient (Wildman–Crippen LogP) is 1.99. The molecule has 8 heteroatoms. The molecule has 0 fully saturated rings. The van der Waals surface area contributed by atoms with E-state index in [9.17, 15) is 9.90 Å². The van der Waals surface area contributed by atoms with Crippen molar-refractivity contribution in [2.75, 3.05) is 34.4 Å². The maximum Gasteiger partial charge on any atom is 0.253 e. The first-order valence-corrected chi connectivity index (χ1v) is 9.60. The average Bonchev–Trinajstić information content (AvgIpc) is 2.75. The van der Waals surface area contributed by atoms with Crippen molar-refractivity contribution >= 4 is 38.7 Å². The molecule has 0 aliphatic heterocycles. The number of rotatable bonds is 6. The number of aliphatic hydroxyl groups is 1. The Labute approximate surface area is 173 Å². The number of nitrogens with one attached hydrogen (secondary N) is 1. The lowest BCUT2D eigenvalue weighted by atomic mass is 10.1. The SMILES string of the molecule is COc1nccc2c1ccc1nc3cccc(C(=O)NC(CO)CN(C)C)c3nc12. The largest absolute Gasteiger partial charge is 0.481 e. The molecule has 0 bridgehead atoms. The van der Waals surface area contributed by atoms with Crippen molar-refractivity contribution in [3.63, 3.8) is 0 Å². The molecule has 2 heterocycles. The van der Waals surface area contributed by atoms with Crippen molar-refractivity contribution in [1.29, 1.82) is 0 Å². The van der Waals surface area contributed by atoms with Gasteiger partial charge in [0.05, 0.1) is 41.9 Å². The van der Waals surface area contributed by atoms with E-state index >= 15 is 0 Å².